The summed E-state index contributed by atoms with van der Waals surface area (Å²) in [6.07, 6.45) is -3.91. The predicted octanol–water partition coefficient (Wildman–Crippen LogP) is 1.36. The maximum Gasteiger partial charge on any atom is 0.411 e. The first-order valence-electron chi connectivity index (χ1n) is 4.93. The summed E-state index contributed by atoms with van der Waals surface area (Å²) in [5.74, 6) is -0.946. The van der Waals surface area contributed by atoms with Crippen LogP contribution in [0.5, 0.6) is 0 Å². The summed E-state index contributed by atoms with van der Waals surface area (Å²) >= 11 is 0. The molecule has 0 aliphatic rings. The number of aliphatic carboxylic acids is 1. The number of nitrogens with zero attached hydrogens (tertiary/aromatic N) is 1. The normalized spacial score (nSPS) is 12.1. The Bertz CT molecular complexity index is 209. The molecule has 7 heteroatoms. The molecule has 0 saturated carbocycles. The van der Waals surface area contributed by atoms with Crippen molar-refractivity contribution in [1.82, 2.24) is 4.90 Å². The maximum atomic E-state index is 11.7. The molecule has 0 aromatic rings. The van der Waals surface area contributed by atoms with E-state index >= 15 is 0 Å². The summed E-state index contributed by atoms with van der Waals surface area (Å²) < 4.78 is 39.4. The fourth-order valence-corrected chi connectivity index (χ4v) is 1.12. The molecular weight excluding hydrogens is 227 g/mol. The lowest BCUT2D eigenvalue weighted by Gasteiger charge is -2.17. The van der Waals surface area contributed by atoms with Gasteiger partial charge in [-0.1, -0.05) is 6.92 Å². The first-order chi connectivity index (χ1) is 7.35. The zero-order valence-corrected chi connectivity index (χ0v) is 9.09. The van der Waals surface area contributed by atoms with Gasteiger partial charge >= 0.3 is 12.1 Å². The summed E-state index contributed by atoms with van der Waals surface area (Å²) in [6.45, 7) is 1.38. The standard InChI is InChI=1S/C9H16F3NO3/c1-2-13(6-8(14)15)4-3-5-16-7-9(10,11)12/h2-7H2,1H3,(H,14,15). The van der Waals surface area contributed by atoms with E-state index in [1.807, 2.05) is 0 Å². The lowest BCUT2D eigenvalue weighted by atomic mass is 10.4. The highest BCUT2D eigenvalue weighted by Gasteiger charge is 2.27. The second kappa shape index (κ2) is 7.45. The number of alkyl halides is 3. The Labute approximate surface area is 92.0 Å². The Kier molecular flexibility index (Phi) is 7.07. The molecule has 96 valence electrons. The lowest BCUT2D eigenvalue weighted by molar-refractivity contribution is -0.174. The van der Waals surface area contributed by atoms with E-state index in [1.54, 1.807) is 11.8 Å². The minimum atomic E-state index is -4.30. The van der Waals surface area contributed by atoms with Crippen LogP contribution in [0.1, 0.15) is 13.3 Å². The van der Waals surface area contributed by atoms with Gasteiger partial charge in [0.15, 0.2) is 0 Å². The van der Waals surface area contributed by atoms with Crippen LogP contribution in [0.15, 0.2) is 0 Å². The molecular formula is C9H16F3NO3. The van der Waals surface area contributed by atoms with Crippen molar-refractivity contribution in [2.45, 2.75) is 19.5 Å². The molecule has 4 nitrogen and oxygen atoms in total. The van der Waals surface area contributed by atoms with Crippen molar-refractivity contribution >= 4 is 5.97 Å². The van der Waals surface area contributed by atoms with Crippen LogP contribution in [0, 0.1) is 0 Å². The van der Waals surface area contributed by atoms with Crippen LogP contribution in [-0.4, -0.2) is 55.0 Å². The minimum Gasteiger partial charge on any atom is -0.480 e. The molecule has 0 rings (SSSR count). The van der Waals surface area contributed by atoms with Gasteiger partial charge in [-0.2, -0.15) is 13.2 Å². The molecule has 0 spiro atoms. The summed E-state index contributed by atoms with van der Waals surface area (Å²) in [7, 11) is 0. The molecule has 0 aromatic heterocycles. The van der Waals surface area contributed by atoms with Gasteiger partial charge in [0.2, 0.25) is 0 Å². The van der Waals surface area contributed by atoms with Crippen molar-refractivity contribution in [3.63, 3.8) is 0 Å². The number of hydrogen-bond acceptors (Lipinski definition) is 3. The van der Waals surface area contributed by atoms with Crippen molar-refractivity contribution in [2.24, 2.45) is 0 Å². The Hall–Kier alpha value is -0.820. The highest BCUT2D eigenvalue weighted by Crippen LogP contribution is 2.14. The van der Waals surface area contributed by atoms with Crippen LogP contribution in [0.25, 0.3) is 0 Å². The average Bonchev–Trinajstić information content (AvgIpc) is 2.13. The van der Waals surface area contributed by atoms with Gasteiger partial charge in [0.1, 0.15) is 6.61 Å². The number of hydrogen-bond donors (Lipinski definition) is 1. The molecule has 0 bridgehead atoms. The smallest absolute Gasteiger partial charge is 0.411 e. The molecule has 0 radical (unpaired) electrons. The fraction of sp³-hybridized carbons (Fsp3) is 0.889. The quantitative estimate of drug-likeness (QED) is 0.654. The minimum absolute atomic E-state index is 0.0182. The van der Waals surface area contributed by atoms with Gasteiger partial charge in [0.05, 0.1) is 6.54 Å². The van der Waals surface area contributed by atoms with E-state index < -0.39 is 18.8 Å². The van der Waals surface area contributed by atoms with Gasteiger partial charge in [0.25, 0.3) is 0 Å². The van der Waals surface area contributed by atoms with E-state index in [0.717, 1.165) is 0 Å². The molecule has 0 amide bonds. The number of ether oxygens (including phenoxy) is 1. The highest BCUT2D eigenvalue weighted by atomic mass is 19.4. The molecule has 16 heavy (non-hydrogen) atoms. The van der Waals surface area contributed by atoms with Gasteiger partial charge in [-0.15, -0.1) is 0 Å². The molecule has 0 aliphatic carbocycles. The molecule has 0 heterocycles. The van der Waals surface area contributed by atoms with Crippen LogP contribution in [0.2, 0.25) is 0 Å². The fourth-order valence-electron chi connectivity index (χ4n) is 1.12. The third-order valence-electron chi connectivity index (χ3n) is 1.83. The molecule has 0 atom stereocenters. The lowest BCUT2D eigenvalue weighted by Crippen LogP contribution is -2.31. The second-order valence-electron chi connectivity index (χ2n) is 3.28. The monoisotopic (exact) mass is 243 g/mol. The second-order valence-corrected chi connectivity index (χ2v) is 3.28. The molecule has 0 unspecified atom stereocenters. The summed E-state index contributed by atoms with van der Waals surface area (Å²) in [5, 5.41) is 8.50. The van der Waals surface area contributed by atoms with E-state index in [4.69, 9.17) is 5.11 Å². The van der Waals surface area contributed by atoms with Crippen molar-refractivity contribution < 1.29 is 27.8 Å². The maximum absolute atomic E-state index is 11.7. The zero-order chi connectivity index (χ0) is 12.6. The van der Waals surface area contributed by atoms with E-state index in [2.05, 4.69) is 4.74 Å². The predicted molar refractivity (Wildman–Crippen MR) is 51.2 cm³/mol. The van der Waals surface area contributed by atoms with Crippen LogP contribution in [0.3, 0.4) is 0 Å². The van der Waals surface area contributed by atoms with Crippen LogP contribution in [0.4, 0.5) is 13.2 Å². The highest BCUT2D eigenvalue weighted by molar-refractivity contribution is 5.69. The Balaban J connectivity index is 3.52. The number of rotatable bonds is 8. The van der Waals surface area contributed by atoms with Gasteiger partial charge in [-0.25, -0.2) is 0 Å². The van der Waals surface area contributed by atoms with Crippen molar-refractivity contribution in [2.75, 3.05) is 32.8 Å². The van der Waals surface area contributed by atoms with Gasteiger partial charge < -0.3 is 9.84 Å². The van der Waals surface area contributed by atoms with Crippen LogP contribution < -0.4 is 0 Å². The van der Waals surface area contributed by atoms with Gasteiger partial charge in [-0.05, 0) is 13.0 Å². The van der Waals surface area contributed by atoms with Gasteiger partial charge in [-0.3, -0.25) is 9.69 Å². The number of halogens is 3. The third kappa shape index (κ3) is 9.72. The zero-order valence-electron chi connectivity index (χ0n) is 9.09. The number of carboxylic acid groups (broad SMARTS) is 1. The van der Waals surface area contributed by atoms with E-state index in [1.165, 1.54) is 0 Å². The summed E-state index contributed by atoms with van der Waals surface area (Å²) in [6, 6.07) is 0. The topological polar surface area (TPSA) is 49.8 Å². The molecule has 0 aliphatic heterocycles. The van der Waals surface area contributed by atoms with Gasteiger partial charge in [0, 0.05) is 13.2 Å². The van der Waals surface area contributed by atoms with Crippen LogP contribution in [-0.2, 0) is 9.53 Å². The third-order valence-corrected chi connectivity index (χ3v) is 1.83. The number of likely N-dealkylation sites (N-methyl/N-ethyl adjacent to an activating group) is 1. The van der Waals surface area contributed by atoms with E-state index in [9.17, 15) is 18.0 Å². The van der Waals surface area contributed by atoms with Crippen molar-refractivity contribution in [1.29, 1.82) is 0 Å². The number of carbonyl (C=O) groups is 1. The molecule has 1 N–H and O–H groups in total. The van der Waals surface area contributed by atoms with E-state index in [-0.39, 0.29) is 13.2 Å². The van der Waals surface area contributed by atoms with Crippen molar-refractivity contribution in [3.8, 4) is 0 Å². The SMILES string of the molecule is CCN(CCCOCC(F)(F)F)CC(=O)O. The van der Waals surface area contributed by atoms with Crippen molar-refractivity contribution in [3.05, 3.63) is 0 Å². The molecule has 0 fully saturated rings. The summed E-state index contributed by atoms with van der Waals surface area (Å²) in [4.78, 5) is 12.0. The first kappa shape index (κ1) is 15.2. The molecule has 0 aromatic carbocycles. The Morgan fingerprint density at radius 3 is 2.50 bits per heavy atom. The first-order valence-corrected chi connectivity index (χ1v) is 4.93. The van der Waals surface area contributed by atoms with E-state index in [0.29, 0.717) is 19.5 Å². The Morgan fingerprint density at radius 2 is 2.06 bits per heavy atom. The Morgan fingerprint density at radius 1 is 1.44 bits per heavy atom. The number of carboxylic acids is 1. The van der Waals surface area contributed by atoms with Crippen LogP contribution >= 0.6 is 0 Å². The molecule has 0 saturated heterocycles. The largest absolute Gasteiger partial charge is 0.480 e. The summed E-state index contributed by atoms with van der Waals surface area (Å²) in [5.41, 5.74) is 0. The average molecular weight is 243 g/mol.